The Morgan fingerprint density at radius 2 is 1.71 bits per heavy atom. The van der Waals surface area contributed by atoms with E-state index >= 15 is 0 Å². The first-order chi connectivity index (χ1) is 14.8. The molecule has 0 saturated heterocycles. The molecular weight excluding hydrogens is 448 g/mol. The van der Waals surface area contributed by atoms with Crippen molar-refractivity contribution < 1.29 is 8.42 Å². The van der Waals surface area contributed by atoms with E-state index in [0.717, 1.165) is 22.4 Å². The lowest BCUT2D eigenvalue weighted by Crippen LogP contribution is -2.11. The third kappa shape index (κ3) is 5.50. The molecule has 0 aromatic heterocycles. The minimum Gasteiger partial charge on any atom is -0.348 e. The summed E-state index contributed by atoms with van der Waals surface area (Å²) in [4.78, 5) is -0.249. The summed E-state index contributed by atoms with van der Waals surface area (Å²) in [5, 5.41) is 13.9. The molecule has 0 saturated carbocycles. The number of sulfone groups is 1. The third-order valence-corrected chi connectivity index (χ3v) is 7.86. The molecule has 0 atom stereocenters. The maximum atomic E-state index is 13.3. The Kier molecular flexibility index (Phi) is 7.45. The second kappa shape index (κ2) is 10.1. The highest BCUT2D eigenvalue weighted by Gasteiger charge is 2.26. The molecule has 3 aromatic carbocycles. The van der Waals surface area contributed by atoms with Crippen molar-refractivity contribution in [2.24, 2.45) is 0 Å². The molecule has 0 fully saturated rings. The predicted octanol–water partition coefficient (Wildman–Crippen LogP) is 6.47. The molecule has 1 N–H and O–H groups in total. The average Bonchev–Trinajstić information content (AvgIpc) is 2.75. The highest BCUT2D eigenvalue weighted by atomic mass is 35.5. The van der Waals surface area contributed by atoms with Crippen LogP contribution in [0.25, 0.3) is 0 Å². The molecule has 7 heteroatoms. The van der Waals surface area contributed by atoms with Gasteiger partial charge in [0.2, 0.25) is 9.84 Å². The fourth-order valence-electron chi connectivity index (χ4n) is 2.95. The van der Waals surface area contributed by atoms with E-state index < -0.39 is 9.84 Å². The normalized spacial score (nSPS) is 12.1. The molecule has 3 aromatic rings. The number of nitrogens with zero attached hydrogens (tertiary/aromatic N) is 1. The second-order valence-electron chi connectivity index (χ2n) is 6.91. The van der Waals surface area contributed by atoms with Gasteiger partial charge in [-0.2, -0.15) is 5.26 Å². The van der Waals surface area contributed by atoms with Crippen molar-refractivity contribution in [3.05, 3.63) is 104 Å². The number of halogens is 1. The molecule has 31 heavy (non-hydrogen) atoms. The summed E-state index contributed by atoms with van der Waals surface area (Å²) in [6.45, 7) is 3.92. The quantitative estimate of drug-likeness (QED) is 0.402. The summed E-state index contributed by atoms with van der Waals surface area (Å²) in [6.07, 6.45) is 0. The Balaban J connectivity index is 2.08. The summed E-state index contributed by atoms with van der Waals surface area (Å²) in [5.74, 6) is 0.405. The number of anilines is 1. The third-order valence-electron chi connectivity index (χ3n) is 4.59. The van der Waals surface area contributed by atoms with Crippen molar-refractivity contribution in [3.63, 3.8) is 0 Å². The fourth-order valence-corrected chi connectivity index (χ4v) is 5.81. The standard InChI is InChI=1S/C24H21ClN2O2S2/c1-17-12-13-22(18(2)14-17)27-24(30-16-19-8-6-7-11-21(19)25)23(15-26)31(28,29)20-9-4-3-5-10-20/h3-14,27H,16H2,1-2H3. The molecule has 3 rings (SSSR count). The highest BCUT2D eigenvalue weighted by molar-refractivity contribution is 8.04. The molecule has 0 heterocycles. The van der Waals surface area contributed by atoms with E-state index in [0.29, 0.717) is 10.8 Å². The molecule has 0 bridgehead atoms. The monoisotopic (exact) mass is 468 g/mol. The molecule has 0 aliphatic heterocycles. The van der Waals surface area contributed by atoms with Gasteiger partial charge in [-0.3, -0.25) is 0 Å². The van der Waals surface area contributed by atoms with Crippen LogP contribution in [0, 0.1) is 25.2 Å². The van der Waals surface area contributed by atoms with E-state index in [1.165, 1.54) is 23.9 Å². The molecular formula is C24H21ClN2O2S2. The van der Waals surface area contributed by atoms with Crippen LogP contribution in [0.4, 0.5) is 5.69 Å². The van der Waals surface area contributed by atoms with Gasteiger partial charge in [0, 0.05) is 16.5 Å². The van der Waals surface area contributed by atoms with E-state index in [1.807, 2.05) is 56.3 Å². The van der Waals surface area contributed by atoms with E-state index in [1.54, 1.807) is 24.3 Å². The minimum absolute atomic E-state index is 0.0739. The maximum absolute atomic E-state index is 13.3. The van der Waals surface area contributed by atoms with Gasteiger partial charge in [-0.15, -0.1) is 11.8 Å². The van der Waals surface area contributed by atoms with Gasteiger partial charge in [0.15, 0.2) is 4.91 Å². The Morgan fingerprint density at radius 3 is 2.35 bits per heavy atom. The number of thioether (sulfide) groups is 1. The Labute approximate surface area is 192 Å². The molecule has 158 valence electrons. The lowest BCUT2D eigenvalue weighted by molar-refractivity contribution is 0.603. The zero-order valence-corrected chi connectivity index (χ0v) is 19.5. The van der Waals surface area contributed by atoms with Gasteiger partial charge in [0.25, 0.3) is 0 Å². The van der Waals surface area contributed by atoms with Crippen LogP contribution in [0.15, 0.2) is 87.6 Å². The van der Waals surface area contributed by atoms with Crippen LogP contribution in [0.3, 0.4) is 0 Å². The number of hydrogen-bond acceptors (Lipinski definition) is 5. The van der Waals surface area contributed by atoms with Crippen LogP contribution in [0.1, 0.15) is 16.7 Å². The van der Waals surface area contributed by atoms with E-state index in [-0.39, 0.29) is 14.8 Å². The summed E-state index contributed by atoms with van der Waals surface area (Å²) in [7, 11) is -4.00. The van der Waals surface area contributed by atoms with Crippen LogP contribution in [0.5, 0.6) is 0 Å². The minimum atomic E-state index is -4.00. The Bertz CT molecular complexity index is 1260. The van der Waals surface area contributed by atoms with Crippen molar-refractivity contribution in [1.29, 1.82) is 5.26 Å². The van der Waals surface area contributed by atoms with Gasteiger partial charge >= 0.3 is 0 Å². The van der Waals surface area contributed by atoms with Crippen molar-refractivity contribution in [3.8, 4) is 6.07 Å². The van der Waals surface area contributed by atoms with E-state index in [9.17, 15) is 13.7 Å². The summed E-state index contributed by atoms with van der Waals surface area (Å²) < 4.78 is 26.5. The van der Waals surface area contributed by atoms with Crippen LogP contribution in [-0.2, 0) is 15.6 Å². The number of benzene rings is 3. The molecule has 0 unspecified atom stereocenters. The first-order valence-electron chi connectivity index (χ1n) is 9.48. The SMILES string of the molecule is Cc1ccc(NC(SCc2ccccc2Cl)=C(C#N)S(=O)(=O)c2ccccc2)c(C)c1. The van der Waals surface area contributed by atoms with Gasteiger partial charge in [0.05, 0.1) is 4.90 Å². The molecule has 0 aliphatic carbocycles. The van der Waals surface area contributed by atoms with Crippen LogP contribution < -0.4 is 5.32 Å². The highest BCUT2D eigenvalue weighted by Crippen LogP contribution is 2.33. The fraction of sp³-hybridized carbons (Fsp3) is 0.125. The number of rotatable bonds is 7. The zero-order valence-electron chi connectivity index (χ0n) is 17.1. The number of nitriles is 1. The van der Waals surface area contributed by atoms with Crippen molar-refractivity contribution in [2.75, 3.05) is 5.32 Å². The van der Waals surface area contributed by atoms with Gasteiger partial charge in [-0.05, 0) is 49.2 Å². The molecule has 0 radical (unpaired) electrons. The average molecular weight is 469 g/mol. The lowest BCUT2D eigenvalue weighted by atomic mass is 10.1. The smallest absolute Gasteiger partial charge is 0.219 e. The summed E-state index contributed by atoms with van der Waals surface area (Å²) in [5.41, 5.74) is 3.63. The predicted molar refractivity (Wildman–Crippen MR) is 129 cm³/mol. The Hall–Kier alpha value is -2.72. The molecule has 4 nitrogen and oxygen atoms in total. The van der Waals surface area contributed by atoms with Gasteiger partial charge in [-0.25, -0.2) is 8.42 Å². The number of aryl methyl sites for hydroxylation is 2. The first kappa shape index (κ1) is 23.0. The van der Waals surface area contributed by atoms with Gasteiger partial charge in [0.1, 0.15) is 11.1 Å². The topological polar surface area (TPSA) is 70.0 Å². The van der Waals surface area contributed by atoms with Crippen molar-refractivity contribution in [1.82, 2.24) is 0 Å². The van der Waals surface area contributed by atoms with Gasteiger partial charge < -0.3 is 5.32 Å². The molecule has 0 aliphatic rings. The molecule has 0 amide bonds. The van der Waals surface area contributed by atoms with Crippen LogP contribution in [0.2, 0.25) is 5.02 Å². The van der Waals surface area contributed by atoms with E-state index in [2.05, 4.69) is 5.32 Å². The summed E-state index contributed by atoms with van der Waals surface area (Å²) in [6, 6.07) is 23.1. The summed E-state index contributed by atoms with van der Waals surface area (Å²) >= 11 is 7.51. The van der Waals surface area contributed by atoms with Gasteiger partial charge in [-0.1, -0.05) is 65.7 Å². The van der Waals surface area contributed by atoms with Crippen LogP contribution in [-0.4, -0.2) is 8.42 Å². The largest absolute Gasteiger partial charge is 0.348 e. The van der Waals surface area contributed by atoms with Crippen molar-refractivity contribution in [2.45, 2.75) is 24.5 Å². The Morgan fingerprint density at radius 1 is 1.03 bits per heavy atom. The first-order valence-corrected chi connectivity index (χ1v) is 12.3. The zero-order chi connectivity index (χ0) is 22.4. The number of nitrogens with one attached hydrogen (secondary N) is 1. The molecule has 0 spiro atoms. The lowest BCUT2D eigenvalue weighted by Gasteiger charge is -2.16. The second-order valence-corrected chi connectivity index (χ2v) is 10.2. The number of allylic oxidation sites excluding steroid dienone is 1. The maximum Gasteiger partial charge on any atom is 0.219 e. The van der Waals surface area contributed by atoms with E-state index in [4.69, 9.17) is 11.6 Å². The number of hydrogen-bond donors (Lipinski definition) is 1. The van der Waals surface area contributed by atoms with Crippen LogP contribution >= 0.6 is 23.4 Å². The van der Waals surface area contributed by atoms with Crippen molar-refractivity contribution >= 4 is 38.9 Å².